The lowest BCUT2D eigenvalue weighted by Crippen LogP contribution is -2.10. The van der Waals surface area contributed by atoms with Crippen LogP contribution in [0.1, 0.15) is 11.1 Å². The van der Waals surface area contributed by atoms with Gasteiger partial charge in [0.1, 0.15) is 11.6 Å². The highest BCUT2D eigenvalue weighted by Crippen LogP contribution is 2.26. The monoisotopic (exact) mass is 244 g/mol. The summed E-state index contributed by atoms with van der Waals surface area (Å²) >= 11 is 6.03. The summed E-state index contributed by atoms with van der Waals surface area (Å²) < 4.78 is 0. The van der Waals surface area contributed by atoms with Crippen LogP contribution >= 0.6 is 11.6 Å². The third-order valence-corrected chi connectivity index (χ3v) is 2.96. The number of nitrogens with one attached hydrogen (secondary N) is 1. The zero-order valence-electron chi connectivity index (χ0n) is 9.12. The molecule has 2 rings (SSSR count). The molecular formula is C13H9ClN2O. The fourth-order valence-electron chi connectivity index (χ4n) is 1.59. The second-order valence-corrected chi connectivity index (χ2v) is 4.08. The summed E-state index contributed by atoms with van der Waals surface area (Å²) in [6.45, 7) is 1.90. The van der Waals surface area contributed by atoms with Gasteiger partial charge in [0.25, 0.3) is 5.56 Å². The lowest BCUT2D eigenvalue weighted by atomic mass is 10.0. The van der Waals surface area contributed by atoms with Crippen molar-refractivity contribution in [3.63, 3.8) is 0 Å². The number of rotatable bonds is 1. The molecule has 0 atom stereocenters. The van der Waals surface area contributed by atoms with Crippen LogP contribution in [-0.4, -0.2) is 4.98 Å². The highest BCUT2D eigenvalue weighted by molar-refractivity contribution is 6.31. The van der Waals surface area contributed by atoms with Crippen LogP contribution in [0.25, 0.3) is 11.1 Å². The number of hydrogen-bond donors (Lipinski definition) is 1. The maximum absolute atomic E-state index is 11.5. The van der Waals surface area contributed by atoms with E-state index in [1.54, 1.807) is 12.1 Å². The summed E-state index contributed by atoms with van der Waals surface area (Å²) in [5.41, 5.74) is 2.04. The first-order valence-corrected chi connectivity index (χ1v) is 5.39. The maximum Gasteiger partial charge on any atom is 0.266 e. The molecule has 0 radical (unpaired) electrons. The Kier molecular flexibility index (Phi) is 2.99. The van der Waals surface area contributed by atoms with Gasteiger partial charge in [-0.2, -0.15) is 5.26 Å². The standard InChI is InChI=1S/C13H9ClN2O/c1-8-2-3-9(6-12(8)14)10-4-5-16-13(17)11(10)7-15/h2-6H,1H3,(H,16,17). The van der Waals surface area contributed by atoms with E-state index in [-0.39, 0.29) is 11.1 Å². The van der Waals surface area contributed by atoms with Crippen LogP contribution in [0.15, 0.2) is 35.3 Å². The number of pyridine rings is 1. The van der Waals surface area contributed by atoms with E-state index >= 15 is 0 Å². The summed E-state index contributed by atoms with van der Waals surface area (Å²) in [7, 11) is 0. The zero-order valence-corrected chi connectivity index (χ0v) is 9.88. The summed E-state index contributed by atoms with van der Waals surface area (Å²) in [5.74, 6) is 0. The molecule has 0 aliphatic rings. The van der Waals surface area contributed by atoms with Gasteiger partial charge < -0.3 is 4.98 Å². The van der Waals surface area contributed by atoms with Crippen molar-refractivity contribution in [1.29, 1.82) is 5.26 Å². The topological polar surface area (TPSA) is 56.6 Å². The summed E-state index contributed by atoms with van der Waals surface area (Å²) in [5, 5.41) is 9.60. The van der Waals surface area contributed by atoms with Crippen molar-refractivity contribution < 1.29 is 0 Å². The van der Waals surface area contributed by atoms with Gasteiger partial charge in [-0.25, -0.2) is 0 Å². The van der Waals surface area contributed by atoms with Gasteiger partial charge in [-0.1, -0.05) is 23.7 Å². The number of nitriles is 1. The van der Waals surface area contributed by atoms with E-state index in [2.05, 4.69) is 4.98 Å². The largest absolute Gasteiger partial charge is 0.328 e. The molecule has 0 bridgehead atoms. The predicted molar refractivity (Wildman–Crippen MR) is 67.0 cm³/mol. The molecule has 0 aliphatic heterocycles. The summed E-state index contributed by atoms with van der Waals surface area (Å²) in [6.07, 6.45) is 1.52. The minimum Gasteiger partial charge on any atom is -0.328 e. The van der Waals surface area contributed by atoms with Crippen LogP contribution < -0.4 is 5.56 Å². The van der Waals surface area contributed by atoms with Crippen molar-refractivity contribution >= 4 is 11.6 Å². The van der Waals surface area contributed by atoms with Crippen LogP contribution in [0.5, 0.6) is 0 Å². The van der Waals surface area contributed by atoms with Crippen LogP contribution in [0.4, 0.5) is 0 Å². The Labute approximate surface area is 103 Å². The number of hydrogen-bond acceptors (Lipinski definition) is 2. The SMILES string of the molecule is Cc1ccc(-c2cc[nH]c(=O)c2C#N)cc1Cl. The molecule has 0 spiro atoms. The van der Waals surface area contributed by atoms with Gasteiger partial charge in [-0.15, -0.1) is 0 Å². The van der Waals surface area contributed by atoms with E-state index in [1.165, 1.54) is 6.20 Å². The Bertz CT molecular complexity index is 668. The molecule has 0 amide bonds. The van der Waals surface area contributed by atoms with Crippen LogP contribution in [0.3, 0.4) is 0 Å². The van der Waals surface area contributed by atoms with Crippen molar-refractivity contribution in [3.8, 4) is 17.2 Å². The first kappa shape index (κ1) is 11.4. The van der Waals surface area contributed by atoms with E-state index in [0.29, 0.717) is 10.6 Å². The number of benzene rings is 1. The van der Waals surface area contributed by atoms with Crippen molar-refractivity contribution in [2.45, 2.75) is 6.92 Å². The van der Waals surface area contributed by atoms with Crippen molar-refractivity contribution in [2.24, 2.45) is 0 Å². The van der Waals surface area contributed by atoms with E-state index in [0.717, 1.165) is 11.1 Å². The number of H-pyrrole nitrogens is 1. The molecule has 2 aromatic rings. The van der Waals surface area contributed by atoms with Gasteiger partial charge in [0.2, 0.25) is 0 Å². The van der Waals surface area contributed by atoms with Gasteiger partial charge >= 0.3 is 0 Å². The quantitative estimate of drug-likeness (QED) is 0.839. The minimum atomic E-state index is -0.387. The minimum absolute atomic E-state index is 0.104. The molecule has 3 nitrogen and oxygen atoms in total. The number of aromatic nitrogens is 1. The first-order valence-electron chi connectivity index (χ1n) is 5.02. The Hall–Kier alpha value is -2.05. The lowest BCUT2D eigenvalue weighted by molar-refractivity contribution is 1.21. The summed E-state index contributed by atoms with van der Waals surface area (Å²) in [6, 6.07) is 9.07. The van der Waals surface area contributed by atoms with Crippen molar-refractivity contribution in [2.75, 3.05) is 0 Å². The second-order valence-electron chi connectivity index (χ2n) is 3.67. The molecule has 1 aromatic heterocycles. The number of aromatic amines is 1. The number of halogens is 1. The van der Waals surface area contributed by atoms with Crippen molar-refractivity contribution in [1.82, 2.24) is 4.98 Å². The molecule has 0 unspecified atom stereocenters. The Morgan fingerprint density at radius 1 is 1.35 bits per heavy atom. The van der Waals surface area contributed by atoms with Gasteiger partial charge in [0.15, 0.2) is 0 Å². The Morgan fingerprint density at radius 2 is 2.12 bits per heavy atom. The number of nitrogens with zero attached hydrogens (tertiary/aromatic N) is 1. The van der Waals surface area contributed by atoms with Gasteiger partial charge in [-0.3, -0.25) is 4.79 Å². The zero-order chi connectivity index (χ0) is 12.4. The van der Waals surface area contributed by atoms with Gasteiger partial charge in [0, 0.05) is 16.8 Å². The van der Waals surface area contributed by atoms with Crippen molar-refractivity contribution in [3.05, 3.63) is 57.0 Å². The highest BCUT2D eigenvalue weighted by Gasteiger charge is 2.09. The normalized spacial score (nSPS) is 9.94. The highest BCUT2D eigenvalue weighted by atomic mass is 35.5. The first-order chi connectivity index (χ1) is 8.13. The Balaban J connectivity index is 2.69. The average molecular weight is 245 g/mol. The predicted octanol–water partition coefficient (Wildman–Crippen LogP) is 2.88. The van der Waals surface area contributed by atoms with E-state index in [4.69, 9.17) is 16.9 Å². The van der Waals surface area contributed by atoms with E-state index < -0.39 is 0 Å². The molecular weight excluding hydrogens is 236 g/mol. The van der Waals surface area contributed by atoms with Crippen LogP contribution in [0.2, 0.25) is 5.02 Å². The molecule has 0 saturated carbocycles. The molecule has 84 valence electrons. The average Bonchev–Trinajstić information content (AvgIpc) is 2.32. The molecule has 1 heterocycles. The van der Waals surface area contributed by atoms with E-state index in [9.17, 15) is 4.79 Å². The van der Waals surface area contributed by atoms with Gasteiger partial charge in [0.05, 0.1) is 0 Å². The third-order valence-electron chi connectivity index (χ3n) is 2.56. The van der Waals surface area contributed by atoms with Gasteiger partial charge in [-0.05, 0) is 30.2 Å². The molecule has 0 saturated heterocycles. The lowest BCUT2D eigenvalue weighted by Gasteiger charge is -2.05. The smallest absolute Gasteiger partial charge is 0.266 e. The van der Waals surface area contributed by atoms with E-state index in [1.807, 2.05) is 25.1 Å². The molecule has 0 fully saturated rings. The second kappa shape index (κ2) is 4.44. The summed E-state index contributed by atoms with van der Waals surface area (Å²) in [4.78, 5) is 14.0. The third kappa shape index (κ3) is 2.08. The molecule has 4 heteroatoms. The molecule has 0 aliphatic carbocycles. The van der Waals surface area contributed by atoms with Crippen LogP contribution in [-0.2, 0) is 0 Å². The van der Waals surface area contributed by atoms with Crippen LogP contribution in [0, 0.1) is 18.3 Å². The maximum atomic E-state index is 11.5. The Morgan fingerprint density at radius 3 is 2.76 bits per heavy atom. The molecule has 1 aromatic carbocycles. The molecule has 1 N–H and O–H groups in total. The fourth-order valence-corrected chi connectivity index (χ4v) is 1.77. The fraction of sp³-hybridized carbons (Fsp3) is 0.0769. The molecule has 17 heavy (non-hydrogen) atoms. The number of aryl methyl sites for hydroxylation is 1.